The van der Waals surface area contributed by atoms with E-state index in [1.165, 1.54) is 0 Å². The number of nitrogens with zero attached hydrogens (tertiary/aromatic N) is 1. The third-order valence-corrected chi connectivity index (χ3v) is 1.53. The highest BCUT2D eigenvalue weighted by Gasteiger charge is 1.96. The Bertz CT molecular complexity index is 185. The summed E-state index contributed by atoms with van der Waals surface area (Å²) in [7, 11) is 0. The van der Waals surface area contributed by atoms with Gasteiger partial charge >= 0.3 is 0 Å². The van der Waals surface area contributed by atoms with Gasteiger partial charge in [-0.25, -0.2) is 4.98 Å². The van der Waals surface area contributed by atoms with Crippen LogP contribution < -0.4 is 0 Å². The Kier molecular flexibility index (Phi) is 2.50. The van der Waals surface area contributed by atoms with Crippen LogP contribution in [-0.4, -0.2) is 4.98 Å². The summed E-state index contributed by atoms with van der Waals surface area (Å²) in [6.45, 7) is 2.13. The summed E-state index contributed by atoms with van der Waals surface area (Å²) in [5.41, 5.74) is 1.06. The molecule has 0 N–H and O–H groups in total. The lowest BCUT2D eigenvalue weighted by molar-refractivity contribution is 0.524. The molecule has 0 aromatic carbocycles. The molecule has 0 aliphatic carbocycles. The van der Waals surface area contributed by atoms with Crippen molar-refractivity contribution >= 4 is 22.6 Å². The molecule has 9 heavy (non-hydrogen) atoms. The zero-order chi connectivity index (χ0) is 6.69. The van der Waals surface area contributed by atoms with Crippen molar-refractivity contribution in [2.45, 2.75) is 19.8 Å². The van der Waals surface area contributed by atoms with E-state index in [1.807, 2.05) is 0 Å². The van der Waals surface area contributed by atoms with E-state index in [0.717, 1.165) is 22.4 Å². The largest absolute Gasteiger partial charge is 0.440 e. The van der Waals surface area contributed by atoms with Gasteiger partial charge in [-0.2, -0.15) is 0 Å². The van der Waals surface area contributed by atoms with E-state index in [4.69, 9.17) is 4.42 Å². The number of halogens is 1. The lowest BCUT2D eigenvalue weighted by Gasteiger charge is -1.83. The van der Waals surface area contributed by atoms with E-state index in [9.17, 15) is 0 Å². The standard InChI is InChI=1S/C6H8INO/c1-2-3-5-4-9-6(7)8-5/h4H,2-3H2,1H3. The minimum Gasteiger partial charge on any atom is -0.440 e. The maximum absolute atomic E-state index is 4.99. The first-order valence-corrected chi connectivity index (χ1v) is 4.00. The molecule has 1 aromatic heterocycles. The number of aromatic nitrogens is 1. The summed E-state index contributed by atoms with van der Waals surface area (Å²) >= 11 is 2.06. The van der Waals surface area contributed by atoms with Crippen LogP contribution in [0.5, 0.6) is 0 Å². The summed E-state index contributed by atoms with van der Waals surface area (Å²) < 4.78 is 5.73. The van der Waals surface area contributed by atoms with Gasteiger partial charge in [-0.3, -0.25) is 0 Å². The number of hydrogen-bond acceptors (Lipinski definition) is 2. The smallest absolute Gasteiger partial charge is 0.257 e. The highest BCUT2D eigenvalue weighted by atomic mass is 127. The van der Waals surface area contributed by atoms with Crippen molar-refractivity contribution in [3.8, 4) is 0 Å². The first-order chi connectivity index (χ1) is 4.33. The van der Waals surface area contributed by atoms with Crippen molar-refractivity contribution in [2.75, 3.05) is 0 Å². The lowest BCUT2D eigenvalue weighted by atomic mass is 10.3. The van der Waals surface area contributed by atoms with Gasteiger partial charge in [-0.05, 0) is 6.42 Å². The molecule has 2 nitrogen and oxygen atoms in total. The maximum atomic E-state index is 4.99. The van der Waals surface area contributed by atoms with Gasteiger partial charge in [-0.1, -0.05) is 13.3 Å². The third-order valence-electron chi connectivity index (χ3n) is 1.03. The van der Waals surface area contributed by atoms with Crippen molar-refractivity contribution in [3.63, 3.8) is 0 Å². The molecule has 1 aromatic rings. The molecule has 0 saturated carbocycles. The topological polar surface area (TPSA) is 26.0 Å². The number of rotatable bonds is 2. The van der Waals surface area contributed by atoms with Crippen molar-refractivity contribution < 1.29 is 4.42 Å². The predicted octanol–water partition coefficient (Wildman–Crippen LogP) is 2.23. The fraction of sp³-hybridized carbons (Fsp3) is 0.500. The monoisotopic (exact) mass is 237 g/mol. The Morgan fingerprint density at radius 3 is 3.00 bits per heavy atom. The first kappa shape index (κ1) is 7.05. The van der Waals surface area contributed by atoms with Crippen molar-refractivity contribution in [1.82, 2.24) is 4.98 Å². The molecule has 3 heteroatoms. The molecule has 0 fully saturated rings. The van der Waals surface area contributed by atoms with Crippen LogP contribution in [0.2, 0.25) is 0 Å². The van der Waals surface area contributed by atoms with Gasteiger partial charge in [0.25, 0.3) is 3.90 Å². The summed E-state index contributed by atoms with van der Waals surface area (Å²) in [4.78, 5) is 4.12. The molecule has 0 spiro atoms. The van der Waals surface area contributed by atoms with Crippen LogP contribution in [0.3, 0.4) is 0 Å². The molecule has 1 heterocycles. The summed E-state index contributed by atoms with van der Waals surface area (Å²) in [5, 5.41) is 0. The van der Waals surface area contributed by atoms with Crippen LogP contribution in [-0.2, 0) is 6.42 Å². The Hall–Kier alpha value is -0.0600. The summed E-state index contributed by atoms with van der Waals surface area (Å²) in [6, 6.07) is 0. The molecule has 0 aliphatic heterocycles. The van der Waals surface area contributed by atoms with Gasteiger partial charge in [0.2, 0.25) is 0 Å². The summed E-state index contributed by atoms with van der Waals surface area (Å²) in [6.07, 6.45) is 3.86. The van der Waals surface area contributed by atoms with Crippen LogP contribution in [0.15, 0.2) is 10.7 Å². The molecular formula is C6H8INO. The molecule has 0 radical (unpaired) electrons. The van der Waals surface area contributed by atoms with E-state index >= 15 is 0 Å². The molecule has 0 aliphatic rings. The van der Waals surface area contributed by atoms with Crippen molar-refractivity contribution in [3.05, 3.63) is 15.9 Å². The van der Waals surface area contributed by atoms with Crippen LogP contribution in [0, 0.1) is 3.90 Å². The minimum absolute atomic E-state index is 0.732. The fourth-order valence-electron chi connectivity index (χ4n) is 0.653. The minimum atomic E-state index is 0.732. The van der Waals surface area contributed by atoms with Gasteiger partial charge in [0, 0.05) is 22.6 Å². The maximum Gasteiger partial charge on any atom is 0.257 e. The highest BCUT2D eigenvalue weighted by molar-refractivity contribution is 14.1. The van der Waals surface area contributed by atoms with E-state index in [2.05, 4.69) is 34.5 Å². The molecular weight excluding hydrogens is 229 g/mol. The SMILES string of the molecule is CCCc1coc(I)n1. The number of aryl methyl sites for hydroxylation is 1. The molecule has 0 atom stereocenters. The van der Waals surface area contributed by atoms with Gasteiger partial charge in [0.1, 0.15) is 6.26 Å². The van der Waals surface area contributed by atoms with Gasteiger partial charge in [-0.15, -0.1) is 0 Å². The fourth-order valence-corrected chi connectivity index (χ4v) is 1.09. The molecule has 1 rings (SSSR count). The van der Waals surface area contributed by atoms with E-state index in [0.29, 0.717) is 0 Å². The quantitative estimate of drug-likeness (QED) is 0.737. The molecule has 0 bridgehead atoms. The van der Waals surface area contributed by atoms with Gasteiger partial charge in [0.15, 0.2) is 0 Å². The Morgan fingerprint density at radius 1 is 1.78 bits per heavy atom. The predicted molar refractivity (Wildman–Crippen MR) is 43.2 cm³/mol. The zero-order valence-electron chi connectivity index (χ0n) is 5.22. The normalized spacial score (nSPS) is 10.0. The third kappa shape index (κ3) is 1.97. The van der Waals surface area contributed by atoms with Crippen molar-refractivity contribution in [2.24, 2.45) is 0 Å². The van der Waals surface area contributed by atoms with E-state index < -0.39 is 0 Å². The Balaban J connectivity index is 2.61. The highest BCUT2D eigenvalue weighted by Crippen LogP contribution is 2.05. The number of oxazole rings is 1. The van der Waals surface area contributed by atoms with Crippen LogP contribution >= 0.6 is 22.6 Å². The zero-order valence-corrected chi connectivity index (χ0v) is 7.38. The molecule has 0 unspecified atom stereocenters. The summed E-state index contributed by atoms with van der Waals surface area (Å²) in [5.74, 6) is 0. The van der Waals surface area contributed by atoms with Gasteiger partial charge in [0.05, 0.1) is 5.69 Å². The van der Waals surface area contributed by atoms with Gasteiger partial charge < -0.3 is 4.42 Å². The second-order valence-corrected chi connectivity index (χ2v) is 2.76. The van der Waals surface area contributed by atoms with E-state index in [-0.39, 0.29) is 0 Å². The second-order valence-electron chi connectivity index (χ2n) is 1.84. The van der Waals surface area contributed by atoms with Crippen LogP contribution in [0.1, 0.15) is 19.0 Å². The lowest BCUT2D eigenvalue weighted by Crippen LogP contribution is -1.80. The molecule has 0 saturated heterocycles. The average molecular weight is 237 g/mol. The Morgan fingerprint density at radius 2 is 2.56 bits per heavy atom. The van der Waals surface area contributed by atoms with Crippen molar-refractivity contribution in [1.29, 1.82) is 0 Å². The second kappa shape index (κ2) is 3.20. The average Bonchev–Trinajstić information content (AvgIpc) is 2.17. The molecule has 50 valence electrons. The van der Waals surface area contributed by atoms with Crippen LogP contribution in [0.25, 0.3) is 0 Å². The number of hydrogen-bond donors (Lipinski definition) is 0. The van der Waals surface area contributed by atoms with E-state index in [1.54, 1.807) is 6.26 Å². The first-order valence-electron chi connectivity index (χ1n) is 2.93. The molecule has 0 amide bonds. The van der Waals surface area contributed by atoms with Crippen LogP contribution in [0.4, 0.5) is 0 Å². The Labute approximate surface area is 67.8 Å².